The van der Waals surface area contributed by atoms with Gasteiger partial charge in [-0.3, -0.25) is 15.0 Å². The van der Waals surface area contributed by atoms with Crippen LogP contribution in [0.5, 0.6) is 0 Å². The van der Waals surface area contributed by atoms with Crippen LogP contribution < -0.4 is 0 Å². The summed E-state index contributed by atoms with van der Waals surface area (Å²) < 4.78 is 13.7. The SMILES string of the molecule is Cc1cc(-c2ccc(-c3ccccc3-c3cc(-c4ccccc4-c4ccc(-c5cc(C(C)(C)C)ccn5)cc4)cc(-c4ccccc4-c4ccc(-c5cc(C(C)(C)C)ccn5)cc4)c3)cc2)ncc1-c1ccc(F)cc1. The Kier molecular flexibility index (Phi) is 13.3. The van der Waals surface area contributed by atoms with E-state index in [1.807, 2.05) is 18.6 Å². The maximum Gasteiger partial charge on any atom is 0.123 e. The maximum atomic E-state index is 13.7. The van der Waals surface area contributed by atoms with Crippen molar-refractivity contribution in [1.82, 2.24) is 15.0 Å². The Labute approximate surface area is 447 Å². The van der Waals surface area contributed by atoms with Gasteiger partial charge in [0.1, 0.15) is 5.82 Å². The van der Waals surface area contributed by atoms with E-state index in [-0.39, 0.29) is 16.6 Å². The Morgan fingerprint density at radius 1 is 0.289 bits per heavy atom. The minimum absolute atomic E-state index is 0.0242. The zero-order valence-corrected chi connectivity index (χ0v) is 44.2. The lowest BCUT2D eigenvalue weighted by Gasteiger charge is -2.19. The second kappa shape index (κ2) is 20.5. The van der Waals surface area contributed by atoms with Crippen LogP contribution in [0, 0.1) is 12.7 Å². The zero-order chi connectivity index (χ0) is 52.6. The van der Waals surface area contributed by atoms with Crippen molar-refractivity contribution in [3.63, 3.8) is 0 Å². The molecule has 0 bridgehead atoms. The monoisotopic (exact) mass is 985 g/mol. The van der Waals surface area contributed by atoms with Crippen molar-refractivity contribution in [3.8, 4) is 112 Å². The third kappa shape index (κ3) is 10.3. The third-order valence-electron chi connectivity index (χ3n) is 14.6. The van der Waals surface area contributed by atoms with Crippen molar-refractivity contribution >= 4 is 0 Å². The molecule has 0 saturated heterocycles. The van der Waals surface area contributed by atoms with Crippen molar-refractivity contribution in [1.29, 1.82) is 0 Å². The number of aromatic nitrogens is 3. The van der Waals surface area contributed by atoms with Gasteiger partial charge in [0.25, 0.3) is 0 Å². The molecular formula is C72H60FN3. The molecule has 3 aromatic heterocycles. The van der Waals surface area contributed by atoms with Crippen LogP contribution in [-0.4, -0.2) is 15.0 Å². The molecule has 0 aliphatic heterocycles. The highest BCUT2D eigenvalue weighted by atomic mass is 19.1. The summed E-state index contributed by atoms with van der Waals surface area (Å²) in [6, 6.07) is 77.1. The molecule has 0 aliphatic carbocycles. The molecule has 0 atom stereocenters. The van der Waals surface area contributed by atoms with Crippen molar-refractivity contribution < 1.29 is 4.39 Å². The summed E-state index contributed by atoms with van der Waals surface area (Å²) in [6.07, 6.45) is 5.73. The summed E-state index contributed by atoms with van der Waals surface area (Å²) in [5, 5.41) is 0. The van der Waals surface area contributed by atoms with Gasteiger partial charge < -0.3 is 0 Å². The number of rotatable bonds is 10. The van der Waals surface area contributed by atoms with Gasteiger partial charge in [-0.1, -0.05) is 199 Å². The smallest absolute Gasteiger partial charge is 0.123 e. The summed E-state index contributed by atoms with van der Waals surface area (Å²) in [7, 11) is 0. The molecular weight excluding hydrogens is 926 g/mol. The van der Waals surface area contributed by atoms with E-state index in [2.05, 4.69) is 243 Å². The molecule has 0 N–H and O–H groups in total. The topological polar surface area (TPSA) is 38.7 Å². The summed E-state index contributed by atoms with van der Waals surface area (Å²) in [6.45, 7) is 15.5. The number of aryl methyl sites for hydroxylation is 1. The molecule has 0 spiro atoms. The van der Waals surface area contributed by atoms with E-state index >= 15 is 0 Å². The van der Waals surface area contributed by atoms with Crippen molar-refractivity contribution in [2.75, 3.05) is 0 Å². The molecule has 11 rings (SSSR count). The fraction of sp³-hybridized carbons (Fsp3) is 0.125. The second-order valence-electron chi connectivity index (χ2n) is 21.9. The third-order valence-corrected chi connectivity index (χ3v) is 14.6. The van der Waals surface area contributed by atoms with Crippen molar-refractivity contribution in [2.45, 2.75) is 59.3 Å². The van der Waals surface area contributed by atoms with E-state index in [0.717, 1.165) is 117 Å². The molecule has 11 aromatic rings. The molecule has 76 heavy (non-hydrogen) atoms. The first kappa shape index (κ1) is 49.4. The van der Waals surface area contributed by atoms with Gasteiger partial charge in [-0.25, -0.2) is 4.39 Å². The summed E-state index contributed by atoms with van der Waals surface area (Å²) in [5.74, 6) is -0.250. The van der Waals surface area contributed by atoms with E-state index in [9.17, 15) is 4.39 Å². The lowest BCUT2D eigenvalue weighted by atomic mass is 9.85. The Bertz CT molecular complexity index is 3710. The number of nitrogens with zero attached hydrogens (tertiary/aromatic N) is 3. The summed E-state index contributed by atoms with van der Waals surface area (Å²) in [4.78, 5) is 14.4. The van der Waals surface area contributed by atoms with Crippen molar-refractivity contribution in [2.24, 2.45) is 0 Å². The summed E-state index contributed by atoms with van der Waals surface area (Å²) >= 11 is 0. The van der Waals surface area contributed by atoms with Crippen molar-refractivity contribution in [3.05, 3.63) is 259 Å². The molecule has 8 aromatic carbocycles. The highest BCUT2D eigenvalue weighted by Crippen LogP contribution is 2.43. The quantitative estimate of drug-likeness (QED) is 0.137. The van der Waals surface area contributed by atoms with E-state index < -0.39 is 0 Å². The molecule has 0 saturated carbocycles. The number of hydrogen-bond acceptors (Lipinski definition) is 3. The zero-order valence-electron chi connectivity index (χ0n) is 44.2. The van der Waals surface area contributed by atoms with Gasteiger partial charge in [-0.05, 0) is 167 Å². The minimum Gasteiger partial charge on any atom is -0.256 e. The highest BCUT2D eigenvalue weighted by molar-refractivity contribution is 5.94. The van der Waals surface area contributed by atoms with Crippen LogP contribution in [-0.2, 0) is 10.8 Å². The highest BCUT2D eigenvalue weighted by Gasteiger charge is 2.19. The maximum absolute atomic E-state index is 13.7. The molecule has 0 unspecified atom stereocenters. The largest absolute Gasteiger partial charge is 0.256 e. The van der Waals surface area contributed by atoms with E-state index in [1.165, 1.54) is 23.3 Å². The first-order chi connectivity index (χ1) is 36.7. The van der Waals surface area contributed by atoms with Crippen LogP contribution in [0.1, 0.15) is 58.2 Å². The van der Waals surface area contributed by atoms with Gasteiger partial charge in [0.2, 0.25) is 0 Å². The molecule has 3 nitrogen and oxygen atoms in total. The number of benzene rings is 8. The van der Waals surface area contributed by atoms with E-state index in [0.29, 0.717) is 0 Å². The molecule has 370 valence electrons. The Hall–Kier alpha value is -8.86. The van der Waals surface area contributed by atoms with E-state index in [1.54, 1.807) is 12.1 Å². The molecule has 0 radical (unpaired) electrons. The fourth-order valence-electron chi connectivity index (χ4n) is 10.3. The van der Waals surface area contributed by atoms with Crippen LogP contribution in [0.15, 0.2) is 237 Å². The normalized spacial score (nSPS) is 11.7. The predicted octanol–water partition coefficient (Wildman–Crippen LogP) is 19.6. The molecule has 0 aliphatic rings. The van der Waals surface area contributed by atoms with Gasteiger partial charge >= 0.3 is 0 Å². The lowest BCUT2D eigenvalue weighted by Crippen LogP contribution is -2.11. The van der Waals surface area contributed by atoms with Crippen LogP contribution in [0.3, 0.4) is 0 Å². The van der Waals surface area contributed by atoms with Gasteiger partial charge in [-0.2, -0.15) is 0 Å². The van der Waals surface area contributed by atoms with Gasteiger partial charge in [0.15, 0.2) is 0 Å². The predicted molar refractivity (Wildman–Crippen MR) is 316 cm³/mol. The molecule has 3 heterocycles. The average molecular weight is 986 g/mol. The molecule has 0 amide bonds. The lowest BCUT2D eigenvalue weighted by molar-refractivity contribution is 0.589. The fourth-order valence-corrected chi connectivity index (χ4v) is 10.3. The first-order valence-electron chi connectivity index (χ1n) is 26.1. The average Bonchev–Trinajstić information content (AvgIpc) is 3.46. The van der Waals surface area contributed by atoms with E-state index in [4.69, 9.17) is 15.0 Å². The van der Waals surface area contributed by atoms with Crippen LogP contribution in [0.25, 0.3) is 112 Å². The van der Waals surface area contributed by atoms with Crippen LogP contribution in [0.4, 0.5) is 4.39 Å². The first-order valence-corrected chi connectivity index (χ1v) is 26.1. The van der Waals surface area contributed by atoms with Crippen LogP contribution in [0.2, 0.25) is 0 Å². The number of pyridine rings is 3. The van der Waals surface area contributed by atoms with Gasteiger partial charge in [0, 0.05) is 40.8 Å². The standard InChI is InChI=1S/C72H60FN3/c1-47-40-68(76-46-67(47)51-32-34-60(73)35-33-51)52-26-20-48(21-27-52)61-14-8-11-17-64(61)55-41-56(65-18-12-9-15-62(65)49-22-28-53(29-23-49)69-44-58(36-38-74-69)71(2,3)4)43-57(42-55)66-19-13-10-16-63(66)50-24-30-54(31-25-50)70-45-59(37-39-75-70)72(5,6)7/h8-46H,1-7H3. The number of hydrogen-bond donors (Lipinski definition) is 0. The Morgan fingerprint density at radius 3 is 0.908 bits per heavy atom. The molecule has 4 heteroatoms. The van der Waals surface area contributed by atoms with Gasteiger partial charge in [-0.15, -0.1) is 0 Å². The minimum atomic E-state index is -0.250. The number of halogens is 1. The summed E-state index contributed by atoms with van der Waals surface area (Å²) in [5.41, 5.74) is 25.2. The van der Waals surface area contributed by atoms with Gasteiger partial charge in [0.05, 0.1) is 17.1 Å². The second-order valence-corrected chi connectivity index (χ2v) is 21.9. The Morgan fingerprint density at radius 2 is 0.579 bits per heavy atom. The Balaban J connectivity index is 1.00. The molecule has 0 fully saturated rings. The van der Waals surface area contributed by atoms with Crippen LogP contribution >= 0.6 is 0 Å².